The third kappa shape index (κ3) is 2.06. The van der Waals surface area contributed by atoms with Crippen LogP contribution in [-0.4, -0.2) is 12.3 Å². The van der Waals surface area contributed by atoms with Crippen LogP contribution in [0.5, 0.6) is 5.75 Å². The van der Waals surface area contributed by atoms with Gasteiger partial charge in [0.1, 0.15) is 5.75 Å². The van der Waals surface area contributed by atoms with Gasteiger partial charge in [0.05, 0.1) is 18.9 Å². The largest absolute Gasteiger partial charge is 0.497 e. The number of nitrogens with two attached hydrogens (primary N) is 1. The van der Waals surface area contributed by atoms with Gasteiger partial charge in [0.2, 0.25) is 5.88 Å². The Morgan fingerprint density at radius 1 is 1.35 bits per heavy atom. The molecule has 1 heterocycles. The number of halogens is 2. The highest BCUT2D eigenvalue weighted by Gasteiger charge is 2.18. The number of nitrogen functional groups attached to an aromatic ring is 1. The first-order valence-electron chi connectivity index (χ1n) is 4.80. The Bertz CT molecular complexity index is 526. The van der Waals surface area contributed by atoms with E-state index in [0.29, 0.717) is 11.3 Å². The van der Waals surface area contributed by atoms with Crippen molar-refractivity contribution in [3.05, 3.63) is 30.0 Å². The fourth-order valence-corrected chi connectivity index (χ4v) is 1.54. The maximum atomic E-state index is 12.9. The molecule has 0 bridgehead atoms. The maximum Gasteiger partial charge on any atom is 0.264 e. The molecule has 0 spiro atoms. The van der Waals surface area contributed by atoms with Crippen molar-refractivity contribution >= 4 is 5.88 Å². The lowest BCUT2D eigenvalue weighted by Gasteiger charge is -2.09. The lowest BCUT2D eigenvalue weighted by atomic mass is 10.0. The molecule has 90 valence electrons. The summed E-state index contributed by atoms with van der Waals surface area (Å²) in [6.07, 6.45) is -1.30. The Hall–Kier alpha value is -2.11. The standard InChI is InChI=1S/C11H10F2N2O2/c1-16-6-2-3-7(10(12)13)8(4-6)9-5-15-17-11(9)14/h2-5,10H,14H2,1H3. The summed E-state index contributed by atoms with van der Waals surface area (Å²) in [6, 6.07) is 4.24. The molecule has 0 amide bonds. The second-order valence-corrected chi connectivity index (χ2v) is 3.36. The normalized spacial score (nSPS) is 10.8. The van der Waals surface area contributed by atoms with Crippen molar-refractivity contribution in [2.75, 3.05) is 12.8 Å². The van der Waals surface area contributed by atoms with Gasteiger partial charge in [-0.3, -0.25) is 0 Å². The van der Waals surface area contributed by atoms with Crippen molar-refractivity contribution in [1.29, 1.82) is 0 Å². The van der Waals surface area contributed by atoms with E-state index in [1.807, 2.05) is 0 Å². The van der Waals surface area contributed by atoms with Crippen LogP contribution in [0.15, 0.2) is 28.9 Å². The SMILES string of the molecule is COc1ccc(C(F)F)c(-c2cnoc2N)c1. The Kier molecular flexibility index (Phi) is 2.95. The third-order valence-corrected chi connectivity index (χ3v) is 2.38. The Labute approximate surface area is 96.0 Å². The van der Waals surface area contributed by atoms with Crippen molar-refractivity contribution in [1.82, 2.24) is 5.16 Å². The van der Waals surface area contributed by atoms with E-state index in [9.17, 15) is 8.78 Å². The molecular weight excluding hydrogens is 230 g/mol. The van der Waals surface area contributed by atoms with Gasteiger partial charge in [0.25, 0.3) is 6.43 Å². The molecule has 2 rings (SSSR count). The predicted molar refractivity (Wildman–Crippen MR) is 57.9 cm³/mol. The number of benzene rings is 1. The van der Waals surface area contributed by atoms with Crippen molar-refractivity contribution in [3.63, 3.8) is 0 Å². The zero-order valence-corrected chi connectivity index (χ0v) is 8.98. The van der Waals surface area contributed by atoms with Crippen LogP contribution in [-0.2, 0) is 0 Å². The first kappa shape index (κ1) is 11.4. The van der Waals surface area contributed by atoms with Crippen molar-refractivity contribution < 1.29 is 18.0 Å². The molecule has 0 unspecified atom stereocenters. The first-order valence-corrected chi connectivity index (χ1v) is 4.80. The average molecular weight is 240 g/mol. The third-order valence-electron chi connectivity index (χ3n) is 2.38. The molecule has 1 aromatic carbocycles. The summed E-state index contributed by atoms with van der Waals surface area (Å²) in [5.74, 6) is 0.463. The molecule has 17 heavy (non-hydrogen) atoms. The summed E-state index contributed by atoms with van der Waals surface area (Å²) in [5, 5.41) is 3.47. The number of nitrogens with zero attached hydrogens (tertiary/aromatic N) is 1. The first-order chi connectivity index (χ1) is 8.13. The van der Waals surface area contributed by atoms with Crippen molar-refractivity contribution in [2.24, 2.45) is 0 Å². The lowest BCUT2D eigenvalue weighted by Crippen LogP contribution is -1.94. The fraction of sp³-hybridized carbons (Fsp3) is 0.182. The summed E-state index contributed by atoms with van der Waals surface area (Å²) in [7, 11) is 1.46. The molecule has 0 fully saturated rings. The van der Waals surface area contributed by atoms with Crippen LogP contribution in [0.25, 0.3) is 11.1 Å². The average Bonchev–Trinajstić information content (AvgIpc) is 2.74. The summed E-state index contributed by atoms with van der Waals surface area (Å²) in [6.45, 7) is 0. The zero-order valence-electron chi connectivity index (χ0n) is 8.98. The lowest BCUT2D eigenvalue weighted by molar-refractivity contribution is 0.152. The quantitative estimate of drug-likeness (QED) is 0.896. The van der Waals surface area contributed by atoms with Crippen LogP contribution in [0, 0.1) is 0 Å². The highest BCUT2D eigenvalue weighted by Crippen LogP contribution is 2.36. The second-order valence-electron chi connectivity index (χ2n) is 3.36. The number of methoxy groups -OCH3 is 1. The summed E-state index contributed by atoms with van der Waals surface area (Å²) in [4.78, 5) is 0. The van der Waals surface area contributed by atoms with Gasteiger partial charge in [0.15, 0.2) is 0 Å². The zero-order chi connectivity index (χ0) is 12.4. The molecule has 2 aromatic rings. The number of alkyl halides is 2. The Balaban J connectivity index is 2.61. The van der Waals surface area contributed by atoms with Crippen LogP contribution < -0.4 is 10.5 Å². The van der Waals surface area contributed by atoms with Gasteiger partial charge >= 0.3 is 0 Å². The van der Waals surface area contributed by atoms with E-state index in [1.165, 1.54) is 31.5 Å². The van der Waals surface area contributed by atoms with Crippen LogP contribution in [0.2, 0.25) is 0 Å². The van der Waals surface area contributed by atoms with Gasteiger partial charge in [-0.05, 0) is 18.2 Å². The topological polar surface area (TPSA) is 61.3 Å². The second kappa shape index (κ2) is 4.40. The number of anilines is 1. The predicted octanol–water partition coefficient (Wildman–Crippen LogP) is 2.87. The molecule has 0 atom stereocenters. The van der Waals surface area contributed by atoms with E-state index < -0.39 is 6.43 Å². The van der Waals surface area contributed by atoms with Gasteiger partial charge in [-0.25, -0.2) is 8.78 Å². The van der Waals surface area contributed by atoms with E-state index in [-0.39, 0.29) is 17.0 Å². The van der Waals surface area contributed by atoms with E-state index in [1.54, 1.807) is 0 Å². The van der Waals surface area contributed by atoms with Gasteiger partial charge in [-0.1, -0.05) is 5.16 Å². The molecule has 4 nitrogen and oxygen atoms in total. The minimum absolute atomic E-state index is 0.000142. The van der Waals surface area contributed by atoms with Gasteiger partial charge in [-0.15, -0.1) is 0 Å². The van der Waals surface area contributed by atoms with Crippen LogP contribution in [0.3, 0.4) is 0 Å². The summed E-state index contributed by atoms with van der Waals surface area (Å²) in [5.41, 5.74) is 5.97. The molecule has 0 aliphatic heterocycles. The minimum Gasteiger partial charge on any atom is -0.497 e. The molecular formula is C11H10F2N2O2. The number of rotatable bonds is 3. The van der Waals surface area contributed by atoms with Crippen molar-refractivity contribution in [2.45, 2.75) is 6.43 Å². The summed E-state index contributed by atoms with van der Waals surface area (Å²) >= 11 is 0. The van der Waals surface area contributed by atoms with Crippen molar-refractivity contribution in [3.8, 4) is 16.9 Å². The van der Waals surface area contributed by atoms with E-state index in [2.05, 4.69) is 9.68 Å². The maximum absolute atomic E-state index is 12.9. The van der Waals surface area contributed by atoms with Gasteiger partial charge in [0, 0.05) is 11.1 Å². The van der Waals surface area contributed by atoms with Crippen LogP contribution >= 0.6 is 0 Å². The van der Waals surface area contributed by atoms with Gasteiger partial charge in [-0.2, -0.15) is 0 Å². The molecule has 6 heteroatoms. The van der Waals surface area contributed by atoms with Crippen LogP contribution in [0.1, 0.15) is 12.0 Å². The van der Waals surface area contributed by atoms with Crippen LogP contribution in [0.4, 0.5) is 14.7 Å². The number of aromatic nitrogens is 1. The van der Waals surface area contributed by atoms with E-state index >= 15 is 0 Å². The molecule has 1 aromatic heterocycles. The minimum atomic E-state index is -2.61. The molecule has 0 saturated carbocycles. The molecule has 0 radical (unpaired) electrons. The monoisotopic (exact) mass is 240 g/mol. The number of ether oxygens (including phenoxy) is 1. The molecule has 0 aliphatic rings. The Morgan fingerprint density at radius 2 is 2.12 bits per heavy atom. The number of hydrogen-bond acceptors (Lipinski definition) is 4. The molecule has 2 N–H and O–H groups in total. The van der Waals surface area contributed by atoms with E-state index in [4.69, 9.17) is 10.5 Å². The molecule has 0 saturated heterocycles. The highest BCUT2D eigenvalue weighted by molar-refractivity contribution is 5.76. The summed E-state index contributed by atoms with van der Waals surface area (Å²) < 4.78 is 35.4. The fourth-order valence-electron chi connectivity index (χ4n) is 1.54. The van der Waals surface area contributed by atoms with Gasteiger partial charge < -0.3 is 15.0 Å². The number of hydrogen-bond donors (Lipinski definition) is 1. The molecule has 0 aliphatic carbocycles. The Morgan fingerprint density at radius 3 is 2.65 bits per heavy atom. The smallest absolute Gasteiger partial charge is 0.264 e. The van der Waals surface area contributed by atoms with E-state index in [0.717, 1.165) is 0 Å². The highest BCUT2D eigenvalue weighted by atomic mass is 19.3.